The first-order valence-electron chi connectivity index (χ1n) is 14.6. The van der Waals surface area contributed by atoms with Crippen molar-refractivity contribution in [2.45, 2.75) is 12.3 Å². The molecule has 1 aliphatic rings. The molecule has 0 aliphatic heterocycles. The highest BCUT2D eigenvalue weighted by molar-refractivity contribution is 6.19. The Morgan fingerprint density at radius 3 is 2.02 bits per heavy atom. The van der Waals surface area contributed by atoms with E-state index in [1.165, 1.54) is 48.9 Å². The highest BCUT2D eigenvalue weighted by Crippen LogP contribution is 2.39. The SMILES string of the molecule is C1=CCC(c2nc3ccc4ccc5ccc(-n6c7ccccc7c7ccccc76)cc5c4c3n2-c2ccccc2)C=C1. The summed E-state index contributed by atoms with van der Waals surface area (Å²) in [5, 5.41) is 7.47. The zero-order valence-corrected chi connectivity index (χ0v) is 23.0. The lowest BCUT2D eigenvalue weighted by molar-refractivity contribution is 0.759. The molecule has 6 aromatic carbocycles. The third-order valence-corrected chi connectivity index (χ3v) is 8.79. The molecule has 0 bridgehead atoms. The number of nitrogens with zero attached hydrogens (tertiary/aromatic N) is 3. The summed E-state index contributed by atoms with van der Waals surface area (Å²) in [6.07, 6.45) is 9.74. The van der Waals surface area contributed by atoms with Crippen LogP contribution in [0.3, 0.4) is 0 Å². The Hall–Kier alpha value is -5.41. The van der Waals surface area contributed by atoms with Crippen molar-refractivity contribution in [1.82, 2.24) is 14.1 Å². The van der Waals surface area contributed by atoms with Crippen LogP contribution in [-0.4, -0.2) is 14.1 Å². The number of hydrogen-bond donors (Lipinski definition) is 0. The Kier molecular flexibility index (Phi) is 5.02. The van der Waals surface area contributed by atoms with E-state index in [1.54, 1.807) is 0 Å². The van der Waals surface area contributed by atoms with Gasteiger partial charge in [0.05, 0.1) is 22.1 Å². The van der Waals surface area contributed by atoms with Crippen LogP contribution in [0.2, 0.25) is 0 Å². The summed E-state index contributed by atoms with van der Waals surface area (Å²) in [6.45, 7) is 0. The molecule has 8 aromatic rings. The summed E-state index contributed by atoms with van der Waals surface area (Å²) in [4.78, 5) is 5.30. The van der Waals surface area contributed by atoms with E-state index in [9.17, 15) is 0 Å². The Morgan fingerprint density at radius 1 is 0.571 bits per heavy atom. The molecule has 1 aliphatic carbocycles. The van der Waals surface area contributed by atoms with Gasteiger partial charge in [0.15, 0.2) is 0 Å². The van der Waals surface area contributed by atoms with Gasteiger partial charge in [0.1, 0.15) is 5.82 Å². The monoisotopic (exact) mass is 537 g/mol. The Labute approximate surface area is 243 Å². The quantitative estimate of drug-likeness (QED) is 0.206. The van der Waals surface area contributed by atoms with Crippen LogP contribution in [0.5, 0.6) is 0 Å². The molecule has 2 aromatic heterocycles. The molecular weight excluding hydrogens is 510 g/mol. The van der Waals surface area contributed by atoms with E-state index in [-0.39, 0.29) is 5.92 Å². The predicted molar refractivity (Wildman–Crippen MR) is 176 cm³/mol. The molecule has 3 heteroatoms. The zero-order chi connectivity index (χ0) is 27.6. The molecule has 0 radical (unpaired) electrons. The highest BCUT2D eigenvalue weighted by atomic mass is 15.1. The fourth-order valence-corrected chi connectivity index (χ4v) is 6.91. The normalized spacial score (nSPS) is 15.1. The second-order valence-corrected chi connectivity index (χ2v) is 11.2. The summed E-state index contributed by atoms with van der Waals surface area (Å²) < 4.78 is 4.81. The zero-order valence-electron chi connectivity index (χ0n) is 23.0. The van der Waals surface area contributed by atoms with Crippen LogP contribution < -0.4 is 0 Å². The molecule has 9 rings (SSSR count). The second-order valence-electron chi connectivity index (χ2n) is 11.2. The molecule has 0 spiro atoms. The average molecular weight is 538 g/mol. The van der Waals surface area contributed by atoms with Crippen molar-refractivity contribution in [2.24, 2.45) is 0 Å². The van der Waals surface area contributed by atoms with Crippen molar-refractivity contribution < 1.29 is 0 Å². The Bertz CT molecular complexity index is 2330. The minimum atomic E-state index is 0.223. The molecule has 0 saturated carbocycles. The van der Waals surface area contributed by atoms with Crippen LogP contribution >= 0.6 is 0 Å². The van der Waals surface area contributed by atoms with Gasteiger partial charge in [-0.15, -0.1) is 0 Å². The van der Waals surface area contributed by atoms with Crippen molar-refractivity contribution >= 4 is 54.4 Å². The maximum atomic E-state index is 5.30. The summed E-state index contributed by atoms with van der Waals surface area (Å²) in [6, 6.07) is 43.9. The summed E-state index contributed by atoms with van der Waals surface area (Å²) >= 11 is 0. The average Bonchev–Trinajstić information content (AvgIpc) is 3.62. The van der Waals surface area contributed by atoms with Crippen molar-refractivity contribution in [3.05, 3.63) is 151 Å². The van der Waals surface area contributed by atoms with Gasteiger partial charge >= 0.3 is 0 Å². The van der Waals surface area contributed by atoms with Crippen LogP contribution in [0.1, 0.15) is 18.2 Å². The maximum absolute atomic E-state index is 5.30. The van der Waals surface area contributed by atoms with Crippen molar-refractivity contribution in [3.8, 4) is 11.4 Å². The van der Waals surface area contributed by atoms with Gasteiger partial charge < -0.3 is 4.57 Å². The first kappa shape index (κ1) is 23.3. The molecule has 0 amide bonds. The molecule has 198 valence electrons. The van der Waals surface area contributed by atoms with E-state index in [4.69, 9.17) is 4.98 Å². The first-order valence-corrected chi connectivity index (χ1v) is 14.6. The maximum Gasteiger partial charge on any atom is 0.121 e. The molecule has 42 heavy (non-hydrogen) atoms. The third kappa shape index (κ3) is 3.37. The van der Waals surface area contributed by atoms with Crippen molar-refractivity contribution in [3.63, 3.8) is 0 Å². The Morgan fingerprint density at radius 2 is 1.26 bits per heavy atom. The lowest BCUT2D eigenvalue weighted by Gasteiger charge is -2.17. The molecule has 0 saturated heterocycles. The largest absolute Gasteiger partial charge is 0.309 e. The van der Waals surface area contributed by atoms with Crippen LogP contribution in [0.4, 0.5) is 0 Å². The van der Waals surface area contributed by atoms with E-state index < -0.39 is 0 Å². The molecule has 1 unspecified atom stereocenters. The van der Waals surface area contributed by atoms with Crippen LogP contribution in [0, 0.1) is 0 Å². The summed E-state index contributed by atoms with van der Waals surface area (Å²) in [5.74, 6) is 1.31. The molecule has 1 atom stereocenters. The van der Waals surface area contributed by atoms with Crippen LogP contribution in [-0.2, 0) is 0 Å². The fourth-order valence-electron chi connectivity index (χ4n) is 6.91. The number of rotatable bonds is 3. The van der Waals surface area contributed by atoms with Gasteiger partial charge in [0.25, 0.3) is 0 Å². The smallest absolute Gasteiger partial charge is 0.121 e. The number of hydrogen-bond acceptors (Lipinski definition) is 1. The van der Waals surface area contributed by atoms with E-state index in [1.807, 2.05) is 0 Å². The van der Waals surface area contributed by atoms with Crippen LogP contribution in [0.25, 0.3) is 65.8 Å². The minimum absolute atomic E-state index is 0.223. The van der Waals surface area contributed by atoms with Crippen molar-refractivity contribution in [2.75, 3.05) is 0 Å². The molecule has 3 nitrogen and oxygen atoms in total. The molecule has 0 N–H and O–H groups in total. The number of benzene rings is 6. The van der Waals surface area contributed by atoms with Gasteiger partial charge in [-0.1, -0.05) is 103 Å². The minimum Gasteiger partial charge on any atom is -0.309 e. The number of para-hydroxylation sites is 3. The van der Waals surface area contributed by atoms with Gasteiger partial charge in [0, 0.05) is 33.5 Å². The van der Waals surface area contributed by atoms with Crippen LogP contribution in [0.15, 0.2) is 146 Å². The summed E-state index contributed by atoms with van der Waals surface area (Å²) in [7, 11) is 0. The van der Waals surface area contributed by atoms with Gasteiger partial charge in [-0.25, -0.2) is 4.98 Å². The lowest BCUT2D eigenvalue weighted by Crippen LogP contribution is -2.07. The molecule has 0 fully saturated rings. The number of imidazole rings is 1. The summed E-state index contributed by atoms with van der Waals surface area (Å²) in [5.41, 5.74) is 6.94. The number of fused-ring (bicyclic) bond motifs is 8. The highest BCUT2D eigenvalue weighted by Gasteiger charge is 2.22. The molecule has 2 heterocycles. The van der Waals surface area contributed by atoms with Gasteiger partial charge in [-0.2, -0.15) is 0 Å². The fraction of sp³-hybridized carbons (Fsp3) is 0.0513. The number of allylic oxidation sites excluding steroid dienone is 4. The van der Waals surface area contributed by atoms with E-state index in [2.05, 4.69) is 155 Å². The third-order valence-electron chi connectivity index (χ3n) is 8.79. The second kappa shape index (κ2) is 9.05. The van der Waals surface area contributed by atoms with E-state index in [0.717, 1.165) is 29.1 Å². The number of aromatic nitrogens is 3. The Balaban J connectivity index is 1.40. The van der Waals surface area contributed by atoms with E-state index in [0.29, 0.717) is 0 Å². The van der Waals surface area contributed by atoms with Gasteiger partial charge in [0.2, 0.25) is 0 Å². The first-order chi connectivity index (χ1) is 20.8. The lowest BCUT2D eigenvalue weighted by atomic mass is 9.99. The van der Waals surface area contributed by atoms with Crippen molar-refractivity contribution in [1.29, 1.82) is 0 Å². The van der Waals surface area contributed by atoms with Gasteiger partial charge in [-0.3, -0.25) is 4.57 Å². The predicted octanol–water partition coefficient (Wildman–Crippen LogP) is 10.0. The standard InChI is InChI=1S/C39H27N3/c1-3-11-28(12-4-1)39-40-34-24-22-27-20-19-26-21-23-30(25-33(26)37(27)38(34)42(39)29-13-5-2-6-14-29)41-35-17-9-7-15-31(35)32-16-8-10-18-36(32)41/h1-11,13-25,28H,12H2. The molecular formula is C39H27N3. The topological polar surface area (TPSA) is 22.8 Å². The van der Waals surface area contributed by atoms with E-state index >= 15 is 0 Å². The van der Waals surface area contributed by atoms with Gasteiger partial charge in [-0.05, 0) is 65.0 Å².